The van der Waals surface area contributed by atoms with Crippen LogP contribution < -0.4 is 15.8 Å². The van der Waals surface area contributed by atoms with Gasteiger partial charge in [0, 0.05) is 18.5 Å². The predicted molar refractivity (Wildman–Crippen MR) is 66.4 cm³/mol. The van der Waals surface area contributed by atoms with Crippen molar-refractivity contribution in [2.75, 3.05) is 18.2 Å². The molecule has 0 fully saturated rings. The summed E-state index contributed by atoms with van der Waals surface area (Å²) in [7, 11) is 3.27. The van der Waals surface area contributed by atoms with Crippen LogP contribution in [-0.4, -0.2) is 22.8 Å². The molecular weight excluding hydrogens is 240 g/mol. The van der Waals surface area contributed by atoms with Gasteiger partial charge in [-0.15, -0.1) is 11.3 Å². The van der Waals surface area contributed by atoms with Crippen molar-refractivity contribution in [1.29, 1.82) is 0 Å². The quantitative estimate of drug-likeness (QED) is 0.863. The van der Waals surface area contributed by atoms with E-state index < -0.39 is 0 Å². The van der Waals surface area contributed by atoms with Crippen molar-refractivity contribution in [3.63, 3.8) is 0 Å². The predicted octanol–water partition coefficient (Wildman–Crippen LogP) is 1.32. The molecule has 3 N–H and O–H groups in total. The average Bonchev–Trinajstić information content (AvgIpc) is 2.90. The number of ether oxygens (including phenoxy) is 1. The first kappa shape index (κ1) is 11.5. The van der Waals surface area contributed by atoms with Gasteiger partial charge < -0.3 is 15.8 Å². The van der Waals surface area contributed by atoms with Crippen LogP contribution in [0.4, 0.5) is 11.5 Å². The molecule has 0 aromatic carbocycles. The maximum absolute atomic E-state index is 11.9. The van der Waals surface area contributed by atoms with Gasteiger partial charge in [0.2, 0.25) is 0 Å². The van der Waals surface area contributed by atoms with Crippen molar-refractivity contribution in [3.8, 4) is 5.75 Å². The third kappa shape index (κ3) is 2.23. The number of rotatable bonds is 3. The number of carbonyl (C=O) groups is 1. The van der Waals surface area contributed by atoms with Gasteiger partial charge in [0.25, 0.3) is 5.91 Å². The molecular formula is C10H12N4O2S. The smallest absolute Gasteiger partial charge is 0.267 e. The number of nitrogens with zero attached hydrogens (tertiary/aromatic N) is 2. The molecule has 0 atom stereocenters. The summed E-state index contributed by atoms with van der Waals surface area (Å²) in [5, 5.41) is 8.41. The Hall–Kier alpha value is -2.02. The zero-order valence-corrected chi connectivity index (χ0v) is 10.2. The second-order valence-corrected chi connectivity index (χ2v) is 4.29. The number of methoxy groups -OCH3 is 1. The third-order valence-electron chi connectivity index (χ3n) is 2.23. The van der Waals surface area contributed by atoms with Crippen molar-refractivity contribution in [3.05, 3.63) is 22.5 Å². The van der Waals surface area contributed by atoms with Crippen LogP contribution in [0.15, 0.2) is 17.6 Å². The lowest BCUT2D eigenvalue weighted by Crippen LogP contribution is -2.14. The highest BCUT2D eigenvalue weighted by molar-refractivity contribution is 7.12. The fraction of sp³-hybridized carbons (Fsp3) is 0.200. The van der Waals surface area contributed by atoms with E-state index in [0.717, 1.165) is 0 Å². The molecule has 0 aliphatic carbocycles. The van der Waals surface area contributed by atoms with Gasteiger partial charge in [0.15, 0.2) is 5.82 Å². The van der Waals surface area contributed by atoms with Crippen LogP contribution in [0.5, 0.6) is 5.75 Å². The summed E-state index contributed by atoms with van der Waals surface area (Å²) in [6.45, 7) is 0. The normalized spacial score (nSPS) is 10.2. The molecule has 0 radical (unpaired) electrons. The minimum absolute atomic E-state index is 0.228. The lowest BCUT2D eigenvalue weighted by molar-refractivity contribution is 0.102. The first-order valence-corrected chi connectivity index (χ1v) is 5.71. The molecule has 2 heterocycles. The number of aromatic nitrogens is 2. The zero-order chi connectivity index (χ0) is 12.4. The zero-order valence-electron chi connectivity index (χ0n) is 9.43. The molecule has 6 nitrogen and oxygen atoms in total. The number of anilines is 2. The lowest BCUT2D eigenvalue weighted by Gasteiger charge is -2.04. The third-order valence-corrected chi connectivity index (χ3v) is 3.14. The van der Waals surface area contributed by atoms with Gasteiger partial charge >= 0.3 is 0 Å². The highest BCUT2D eigenvalue weighted by atomic mass is 32.1. The molecule has 2 aromatic rings. The number of amides is 1. The maximum atomic E-state index is 11.9. The van der Waals surface area contributed by atoms with Crippen LogP contribution in [0, 0.1) is 0 Å². The second kappa shape index (κ2) is 4.46. The van der Waals surface area contributed by atoms with Crippen molar-refractivity contribution in [2.24, 2.45) is 7.05 Å². The molecule has 1 amide bonds. The summed E-state index contributed by atoms with van der Waals surface area (Å²) in [5.74, 6) is 0.925. The van der Waals surface area contributed by atoms with Crippen LogP contribution in [-0.2, 0) is 7.05 Å². The molecule has 2 rings (SSSR count). The van der Waals surface area contributed by atoms with Crippen molar-refractivity contribution in [2.45, 2.75) is 0 Å². The second-order valence-electron chi connectivity index (χ2n) is 3.38. The van der Waals surface area contributed by atoms with Crippen LogP contribution in [0.25, 0.3) is 0 Å². The summed E-state index contributed by atoms with van der Waals surface area (Å²) in [5.41, 5.74) is 6.11. The topological polar surface area (TPSA) is 82.2 Å². The number of hydrogen-bond donors (Lipinski definition) is 2. The number of hydrogen-bond acceptors (Lipinski definition) is 5. The number of carbonyl (C=O) groups excluding carboxylic acids is 1. The number of aryl methyl sites for hydroxylation is 1. The number of thiophene rings is 1. The molecule has 0 spiro atoms. The Morgan fingerprint density at radius 1 is 1.65 bits per heavy atom. The number of nitrogens with one attached hydrogen (secondary N) is 1. The van der Waals surface area contributed by atoms with Gasteiger partial charge in [-0.05, 0) is 0 Å². The Labute approximate surface area is 102 Å². The van der Waals surface area contributed by atoms with Crippen molar-refractivity contribution < 1.29 is 9.53 Å². The van der Waals surface area contributed by atoms with E-state index in [1.54, 1.807) is 25.6 Å². The lowest BCUT2D eigenvalue weighted by atomic mass is 10.4. The summed E-state index contributed by atoms with van der Waals surface area (Å²) >= 11 is 1.31. The van der Waals surface area contributed by atoms with Crippen LogP contribution in [0.1, 0.15) is 9.67 Å². The van der Waals surface area contributed by atoms with Crippen molar-refractivity contribution >= 4 is 28.7 Å². The molecule has 0 unspecified atom stereocenters. The molecule has 0 aliphatic rings. The molecule has 17 heavy (non-hydrogen) atoms. The summed E-state index contributed by atoms with van der Waals surface area (Å²) < 4.78 is 6.53. The standard InChI is InChI=1S/C10H12N4O2S/c1-14-9(7(11)4-12-14)13-10(15)8-3-6(16-2)5-17-8/h3-5H,11H2,1-2H3,(H,13,15). The van der Waals surface area contributed by atoms with Gasteiger partial charge in [-0.25, -0.2) is 0 Å². The van der Waals surface area contributed by atoms with E-state index >= 15 is 0 Å². The van der Waals surface area contributed by atoms with E-state index in [-0.39, 0.29) is 5.91 Å². The maximum Gasteiger partial charge on any atom is 0.267 e. The first-order valence-electron chi connectivity index (χ1n) is 4.83. The average molecular weight is 252 g/mol. The highest BCUT2D eigenvalue weighted by Crippen LogP contribution is 2.23. The SMILES string of the molecule is COc1csc(C(=O)Nc2c(N)cnn2C)c1. The summed E-state index contributed by atoms with van der Waals surface area (Å²) in [6.07, 6.45) is 1.49. The molecule has 7 heteroatoms. The fourth-order valence-corrected chi connectivity index (χ4v) is 2.07. The largest absolute Gasteiger partial charge is 0.496 e. The summed E-state index contributed by atoms with van der Waals surface area (Å²) in [4.78, 5) is 12.5. The summed E-state index contributed by atoms with van der Waals surface area (Å²) in [6, 6.07) is 1.67. The monoisotopic (exact) mass is 252 g/mol. The van der Waals surface area contributed by atoms with Gasteiger partial charge in [-0.1, -0.05) is 0 Å². The number of nitrogens with two attached hydrogens (primary N) is 1. The van der Waals surface area contributed by atoms with Crippen LogP contribution >= 0.6 is 11.3 Å². The molecule has 0 aliphatic heterocycles. The van der Waals surface area contributed by atoms with Crippen LogP contribution in [0.2, 0.25) is 0 Å². The first-order chi connectivity index (χ1) is 8.11. The Balaban J connectivity index is 2.17. The molecule has 0 saturated heterocycles. The van der Waals surface area contributed by atoms with Gasteiger partial charge in [0.1, 0.15) is 5.75 Å². The van der Waals surface area contributed by atoms with Gasteiger partial charge in [0.05, 0.1) is 23.9 Å². The van der Waals surface area contributed by atoms with Crippen LogP contribution in [0.3, 0.4) is 0 Å². The van der Waals surface area contributed by atoms with Gasteiger partial charge in [-0.2, -0.15) is 5.10 Å². The van der Waals surface area contributed by atoms with E-state index in [0.29, 0.717) is 22.1 Å². The fourth-order valence-electron chi connectivity index (χ4n) is 1.32. The Morgan fingerprint density at radius 2 is 2.41 bits per heavy atom. The van der Waals surface area contributed by atoms with E-state index in [4.69, 9.17) is 10.5 Å². The highest BCUT2D eigenvalue weighted by Gasteiger charge is 2.13. The van der Waals surface area contributed by atoms with E-state index in [1.807, 2.05) is 0 Å². The Kier molecular flexibility index (Phi) is 3.01. The molecule has 90 valence electrons. The minimum Gasteiger partial charge on any atom is -0.496 e. The Bertz CT molecular complexity index is 527. The van der Waals surface area contributed by atoms with E-state index in [9.17, 15) is 4.79 Å². The Morgan fingerprint density at radius 3 is 2.94 bits per heavy atom. The van der Waals surface area contributed by atoms with Gasteiger partial charge in [-0.3, -0.25) is 9.48 Å². The number of nitrogen functional groups attached to an aromatic ring is 1. The minimum atomic E-state index is -0.228. The molecule has 2 aromatic heterocycles. The van der Waals surface area contributed by atoms with E-state index in [1.165, 1.54) is 22.2 Å². The van der Waals surface area contributed by atoms with E-state index in [2.05, 4.69) is 10.4 Å². The molecule has 0 bridgehead atoms. The molecule has 0 saturated carbocycles. The van der Waals surface area contributed by atoms with Crippen molar-refractivity contribution in [1.82, 2.24) is 9.78 Å².